The highest BCUT2D eigenvalue weighted by Crippen LogP contribution is 2.32. The number of furan rings is 1. The fourth-order valence-electron chi connectivity index (χ4n) is 3.38. The van der Waals surface area contributed by atoms with Crippen LogP contribution in [0, 0.1) is 11.8 Å². The molecule has 1 aliphatic heterocycles. The minimum Gasteiger partial charge on any atom is -0.492 e. The quantitative estimate of drug-likeness (QED) is 0.888. The maximum absolute atomic E-state index is 12.4. The Bertz CT molecular complexity index is 785. The van der Waals surface area contributed by atoms with Crippen LogP contribution in [-0.4, -0.2) is 42.2 Å². The highest BCUT2D eigenvalue weighted by atomic mass is 16.5. The number of carbonyl (C=O) groups excluding carboxylic acids is 1. The van der Waals surface area contributed by atoms with Crippen molar-refractivity contribution in [2.45, 2.75) is 19.9 Å². The van der Waals surface area contributed by atoms with E-state index in [4.69, 9.17) is 9.15 Å². The van der Waals surface area contributed by atoms with E-state index in [0.29, 0.717) is 30.1 Å². The van der Waals surface area contributed by atoms with Gasteiger partial charge in [-0.25, -0.2) is 4.79 Å². The Morgan fingerprint density at radius 3 is 2.84 bits per heavy atom. The van der Waals surface area contributed by atoms with Crippen LogP contribution in [0.25, 0.3) is 11.0 Å². The molecule has 1 aromatic heterocycles. The minimum atomic E-state index is -0.858. The normalized spacial score (nSPS) is 20.5. The number of para-hydroxylation sites is 1. The van der Waals surface area contributed by atoms with E-state index in [0.717, 1.165) is 5.39 Å². The molecule has 0 spiro atoms. The molecule has 1 saturated heterocycles. The van der Waals surface area contributed by atoms with E-state index in [1.807, 2.05) is 31.2 Å². The smallest absolute Gasteiger partial charge is 0.317 e. The largest absolute Gasteiger partial charge is 0.492 e. The van der Waals surface area contributed by atoms with Gasteiger partial charge in [-0.15, -0.1) is 0 Å². The van der Waals surface area contributed by atoms with Crippen LogP contribution in [0.4, 0.5) is 4.79 Å². The Morgan fingerprint density at radius 1 is 1.36 bits per heavy atom. The summed E-state index contributed by atoms with van der Waals surface area (Å²) in [4.78, 5) is 25.2. The van der Waals surface area contributed by atoms with Gasteiger partial charge in [0.15, 0.2) is 11.5 Å². The predicted octanol–water partition coefficient (Wildman–Crippen LogP) is 2.69. The molecular formula is C18H22N2O5. The number of nitrogens with one attached hydrogen (secondary N) is 1. The van der Waals surface area contributed by atoms with Crippen molar-refractivity contribution in [3.63, 3.8) is 0 Å². The average molecular weight is 346 g/mol. The number of nitrogens with zero attached hydrogens (tertiary/aromatic N) is 1. The Labute approximate surface area is 145 Å². The fraction of sp³-hybridized carbons (Fsp3) is 0.444. The number of benzene rings is 1. The predicted molar refractivity (Wildman–Crippen MR) is 91.5 cm³/mol. The van der Waals surface area contributed by atoms with Crippen molar-refractivity contribution >= 4 is 23.0 Å². The van der Waals surface area contributed by atoms with Crippen molar-refractivity contribution in [1.29, 1.82) is 0 Å². The Balaban J connectivity index is 1.69. The van der Waals surface area contributed by atoms with Gasteiger partial charge in [0.2, 0.25) is 0 Å². The van der Waals surface area contributed by atoms with Gasteiger partial charge in [-0.3, -0.25) is 4.79 Å². The highest BCUT2D eigenvalue weighted by Gasteiger charge is 2.32. The molecule has 1 fully saturated rings. The van der Waals surface area contributed by atoms with Crippen LogP contribution in [0.15, 0.2) is 28.7 Å². The first-order valence-electron chi connectivity index (χ1n) is 8.29. The van der Waals surface area contributed by atoms with E-state index in [1.54, 1.807) is 12.0 Å². The number of ether oxygens (including phenoxy) is 1. The standard InChI is InChI=1S/C18H22N2O5/c1-11-7-12(17(21)22)10-20(9-11)18(23)19-8-15-16(24-2)13-5-3-4-6-14(13)25-15/h3-6,11-12H,7-10H2,1-2H3,(H,19,23)(H,21,22). The number of hydrogen-bond donors (Lipinski definition) is 2. The number of likely N-dealkylation sites (tertiary alicyclic amines) is 1. The summed E-state index contributed by atoms with van der Waals surface area (Å²) in [5.41, 5.74) is 0.695. The first-order valence-corrected chi connectivity index (χ1v) is 8.29. The number of amides is 2. The van der Waals surface area contributed by atoms with Crippen LogP contribution < -0.4 is 10.1 Å². The second kappa shape index (κ2) is 7.04. The van der Waals surface area contributed by atoms with Crippen LogP contribution in [0.3, 0.4) is 0 Å². The van der Waals surface area contributed by atoms with Gasteiger partial charge in [0.25, 0.3) is 0 Å². The van der Waals surface area contributed by atoms with Crippen LogP contribution in [0.2, 0.25) is 0 Å². The van der Waals surface area contributed by atoms with E-state index >= 15 is 0 Å². The molecule has 7 nitrogen and oxygen atoms in total. The monoisotopic (exact) mass is 346 g/mol. The number of aliphatic carboxylic acids is 1. The zero-order valence-electron chi connectivity index (χ0n) is 14.3. The number of rotatable bonds is 4. The Hall–Kier alpha value is -2.70. The summed E-state index contributed by atoms with van der Waals surface area (Å²) in [7, 11) is 1.56. The lowest BCUT2D eigenvalue weighted by atomic mass is 9.91. The van der Waals surface area contributed by atoms with Gasteiger partial charge in [0, 0.05) is 13.1 Å². The minimum absolute atomic E-state index is 0.154. The van der Waals surface area contributed by atoms with Gasteiger partial charge in [-0.1, -0.05) is 19.1 Å². The van der Waals surface area contributed by atoms with Gasteiger partial charge >= 0.3 is 12.0 Å². The second-order valence-electron chi connectivity index (χ2n) is 6.49. The fourth-order valence-corrected chi connectivity index (χ4v) is 3.38. The number of carboxylic acids is 1. The number of urea groups is 1. The molecule has 2 N–H and O–H groups in total. The van der Waals surface area contributed by atoms with Gasteiger partial charge in [-0.05, 0) is 24.5 Å². The van der Waals surface area contributed by atoms with Crippen LogP contribution in [-0.2, 0) is 11.3 Å². The van der Waals surface area contributed by atoms with Gasteiger partial charge < -0.3 is 24.5 Å². The lowest BCUT2D eigenvalue weighted by Crippen LogP contribution is -2.49. The van der Waals surface area contributed by atoms with Crippen LogP contribution in [0.5, 0.6) is 5.75 Å². The average Bonchev–Trinajstić information content (AvgIpc) is 2.96. The molecule has 1 aromatic carbocycles. The molecular weight excluding hydrogens is 324 g/mol. The topological polar surface area (TPSA) is 92.0 Å². The zero-order chi connectivity index (χ0) is 18.0. The lowest BCUT2D eigenvalue weighted by molar-refractivity contribution is -0.143. The summed E-state index contributed by atoms with van der Waals surface area (Å²) in [6.45, 7) is 2.91. The van der Waals surface area contributed by atoms with Gasteiger partial charge in [0.05, 0.1) is 25.0 Å². The molecule has 0 aliphatic carbocycles. The van der Waals surface area contributed by atoms with Crippen molar-refractivity contribution in [1.82, 2.24) is 10.2 Å². The number of hydrogen-bond acceptors (Lipinski definition) is 4. The maximum atomic E-state index is 12.4. The molecule has 0 bridgehead atoms. The maximum Gasteiger partial charge on any atom is 0.317 e. The molecule has 1 aliphatic rings. The zero-order valence-corrected chi connectivity index (χ0v) is 14.3. The summed E-state index contributed by atoms with van der Waals surface area (Å²) in [6, 6.07) is 7.21. The molecule has 134 valence electrons. The molecule has 7 heteroatoms. The summed E-state index contributed by atoms with van der Waals surface area (Å²) in [6.07, 6.45) is 0.594. The highest BCUT2D eigenvalue weighted by molar-refractivity contribution is 5.85. The van der Waals surface area contributed by atoms with Gasteiger partial charge in [-0.2, -0.15) is 0 Å². The van der Waals surface area contributed by atoms with Crippen molar-refractivity contribution < 1.29 is 23.8 Å². The first kappa shape index (κ1) is 17.1. The van der Waals surface area contributed by atoms with Crippen molar-refractivity contribution in [3.8, 4) is 5.75 Å². The third kappa shape index (κ3) is 3.55. The van der Waals surface area contributed by atoms with Gasteiger partial charge in [0.1, 0.15) is 5.58 Å². The molecule has 25 heavy (non-hydrogen) atoms. The summed E-state index contributed by atoms with van der Waals surface area (Å²) in [5.74, 6) is -0.0805. The molecule has 0 radical (unpaired) electrons. The Morgan fingerprint density at radius 2 is 2.12 bits per heavy atom. The van der Waals surface area contributed by atoms with Crippen LogP contribution >= 0.6 is 0 Å². The van der Waals surface area contributed by atoms with E-state index in [-0.39, 0.29) is 25.0 Å². The molecule has 2 amide bonds. The molecule has 3 rings (SSSR count). The van der Waals surface area contributed by atoms with Crippen molar-refractivity contribution in [2.75, 3.05) is 20.2 Å². The van der Waals surface area contributed by atoms with E-state index in [9.17, 15) is 14.7 Å². The molecule has 2 heterocycles. The van der Waals surface area contributed by atoms with E-state index in [2.05, 4.69) is 5.32 Å². The lowest BCUT2D eigenvalue weighted by Gasteiger charge is -2.34. The number of piperidine rings is 1. The molecule has 0 saturated carbocycles. The number of carboxylic acid groups (broad SMARTS) is 1. The Kier molecular flexibility index (Phi) is 4.83. The summed E-state index contributed by atoms with van der Waals surface area (Å²) < 4.78 is 11.2. The number of methoxy groups -OCH3 is 1. The molecule has 2 aromatic rings. The van der Waals surface area contributed by atoms with E-state index < -0.39 is 11.9 Å². The molecule has 2 atom stereocenters. The molecule has 2 unspecified atom stereocenters. The van der Waals surface area contributed by atoms with Crippen molar-refractivity contribution in [2.24, 2.45) is 11.8 Å². The summed E-state index contributed by atoms with van der Waals surface area (Å²) in [5, 5.41) is 12.9. The van der Waals surface area contributed by atoms with Crippen LogP contribution in [0.1, 0.15) is 19.1 Å². The second-order valence-corrected chi connectivity index (χ2v) is 6.49. The first-order chi connectivity index (χ1) is 12.0. The number of fused-ring (bicyclic) bond motifs is 1. The third-order valence-corrected chi connectivity index (χ3v) is 4.52. The van der Waals surface area contributed by atoms with E-state index in [1.165, 1.54) is 0 Å². The van der Waals surface area contributed by atoms with Crippen molar-refractivity contribution in [3.05, 3.63) is 30.0 Å². The number of carbonyl (C=O) groups is 2. The summed E-state index contributed by atoms with van der Waals surface area (Å²) >= 11 is 0. The SMILES string of the molecule is COc1c(CNC(=O)N2CC(C)CC(C(=O)O)C2)oc2ccccc12. The third-order valence-electron chi connectivity index (χ3n) is 4.52.